The van der Waals surface area contributed by atoms with Gasteiger partial charge in [-0.3, -0.25) is 4.79 Å². The van der Waals surface area contributed by atoms with Gasteiger partial charge in [0.25, 0.3) is 0 Å². The van der Waals surface area contributed by atoms with Crippen molar-refractivity contribution in [3.63, 3.8) is 0 Å². The first-order chi connectivity index (χ1) is 18.0. The molecule has 0 aliphatic heterocycles. The summed E-state index contributed by atoms with van der Waals surface area (Å²) in [5, 5.41) is 10.4. The van der Waals surface area contributed by atoms with Crippen molar-refractivity contribution >= 4 is 29.2 Å². The molecule has 0 fully saturated rings. The minimum atomic E-state index is -0.424. The van der Waals surface area contributed by atoms with E-state index in [1.54, 1.807) is 6.92 Å². The van der Waals surface area contributed by atoms with Crippen LogP contribution >= 0.6 is 23.2 Å². The van der Waals surface area contributed by atoms with Crippen LogP contribution in [0.4, 0.5) is 0 Å². The lowest BCUT2D eigenvalue weighted by Crippen LogP contribution is -2.33. The second-order valence-corrected chi connectivity index (χ2v) is 10.9. The number of hydrogen-bond donors (Lipinski definition) is 0. The molecule has 38 heavy (non-hydrogen) atoms. The van der Waals surface area contributed by atoms with Gasteiger partial charge in [-0.05, 0) is 68.2 Å². The average molecular weight is 564 g/mol. The topological polar surface area (TPSA) is 71.8 Å². The zero-order valence-electron chi connectivity index (χ0n) is 23.4. The van der Waals surface area contributed by atoms with Crippen molar-refractivity contribution in [3.05, 3.63) is 57.6 Å². The number of esters is 1. The van der Waals surface area contributed by atoms with E-state index in [2.05, 4.69) is 38.7 Å². The first-order valence-electron chi connectivity index (χ1n) is 13.2. The number of halogens is 2. The Morgan fingerprint density at radius 2 is 1.58 bits per heavy atom. The number of nitrogens with zero attached hydrogens (tertiary/aromatic N) is 2. The summed E-state index contributed by atoms with van der Waals surface area (Å²) in [4.78, 5) is 13.4. The van der Waals surface area contributed by atoms with Crippen LogP contribution in [0.3, 0.4) is 0 Å². The molecule has 0 saturated heterocycles. The molecule has 0 aliphatic rings. The summed E-state index contributed by atoms with van der Waals surface area (Å²) in [6, 6.07) is 14.0. The summed E-state index contributed by atoms with van der Waals surface area (Å²) in [7, 11) is 0. The van der Waals surface area contributed by atoms with Gasteiger partial charge in [-0.1, -0.05) is 63.0 Å². The lowest BCUT2D eigenvalue weighted by Gasteiger charge is -2.27. The van der Waals surface area contributed by atoms with Gasteiger partial charge in [0, 0.05) is 18.9 Å². The van der Waals surface area contributed by atoms with Crippen LogP contribution in [0.15, 0.2) is 36.4 Å². The lowest BCUT2D eigenvalue weighted by molar-refractivity contribution is -0.146. The quantitative estimate of drug-likeness (QED) is 0.212. The Bertz CT molecular complexity index is 1050. The Kier molecular flexibility index (Phi) is 12.7. The number of ether oxygens (including phenoxy) is 3. The van der Waals surface area contributed by atoms with Crippen LogP contribution in [0.1, 0.15) is 65.5 Å². The van der Waals surface area contributed by atoms with E-state index in [4.69, 9.17) is 37.4 Å². The highest BCUT2D eigenvalue weighted by molar-refractivity contribution is 6.37. The highest BCUT2D eigenvalue weighted by Gasteiger charge is 2.26. The van der Waals surface area contributed by atoms with Crippen LogP contribution in [0.25, 0.3) is 0 Å². The first kappa shape index (κ1) is 31.8. The van der Waals surface area contributed by atoms with Crippen LogP contribution in [-0.2, 0) is 14.9 Å². The highest BCUT2D eigenvalue weighted by atomic mass is 35.5. The third-order valence-corrected chi connectivity index (χ3v) is 6.88. The maximum absolute atomic E-state index is 11.1. The largest absolute Gasteiger partial charge is 0.492 e. The Labute approximate surface area is 237 Å². The molecule has 0 bridgehead atoms. The van der Waals surface area contributed by atoms with E-state index >= 15 is 0 Å². The predicted octanol–water partition coefficient (Wildman–Crippen LogP) is 7.29. The molecule has 2 aromatic carbocycles. The molecule has 8 heteroatoms. The number of carbonyl (C=O) groups is 1. The van der Waals surface area contributed by atoms with Crippen molar-refractivity contribution in [3.8, 4) is 17.6 Å². The molecule has 2 atom stereocenters. The minimum absolute atomic E-state index is 0.144. The average Bonchev–Trinajstić information content (AvgIpc) is 2.86. The maximum Gasteiger partial charge on any atom is 0.303 e. The maximum atomic E-state index is 11.1. The molecule has 208 valence electrons. The Morgan fingerprint density at radius 1 is 1.00 bits per heavy atom. The molecule has 0 saturated carbocycles. The normalized spacial score (nSPS) is 13.1. The number of rotatable bonds is 15. The molecule has 0 N–H and O–H groups in total. The zero-order chi connectivity index (χ0) is 28.3. The highest BCUT2D eigenvalue weighted by Crippen LogP contribution is 2.40. The number of carbonyl (C=O) groups excluding carboxylic acids is 1. The van der Waals surface area contributed by atoms with Gasteiger partial charge in [0.1, 0.15) is 25.1 Å². The summed E-state index contributed by atoms with van der Waals surface area (Å²) >= 11 is 13.1. The van der Waals surface area contributed by atoms with Crippen molar-refractivity contribution in [1.82, 2.24) is 4.90 Å². The van der Waals surface area contributed by atoms with Gasteiger partial charge >= 0.3 is 5.97 Å². The van der Waals surface area contributed by atoms with E-state index in [0.717, 1.165) is 42.8 Å². The fourth-order valence-electron chi connectivity index (χ4n) is 4.28. The summed E-state index contributed by atoms with van der Waals surface area (Å²) in [5.41, 5.74) is 1.59. The molecule has 0 aliphatic carbocycles. The molecule has 2 unspecified atom stereocenters. The Hall–Kier alpha value is -2.46. The Balaban J connectivity index is 2.08. The van der Waals surface area contributed by atoms with Crippen LogP contribution < -0.4 is 9.47 Å². The molecule has 0 spiro atoms. The standard InChI is InChI=1S/C30H40Cl2N2O4/c1-7-13-34(14-8-2)18-23(17-33)20-36-26-11-9-24(10-12-26)30(5,6)25-15-27(31)29(28(32)16-25)37-19-21(3)38-22(4)35/h9-12,15-16,21,23H,7-8,13-14,18-20H2,1-6H3. The molecule has 0 amide bonds. The van der Waals surface area contributed by atoms with E-state index in [1.807, 2.05) is 36.4 Å². The van der Waals surface area contributed by atoms with Gasteiger partial charge in [-0.15, -0.1) is 0 Å². The van der Waals surface area contributed by atoms with E-state index in [9.17, 15) is 10.1 Å². The zero-order valence-corrected chi connectivity index (χ0v) is 24.9. The van der Waals surface area contributed by atoms with Gasteiger partial charge in [-0.2, -0.15) is 5.26 Å². The number of benzene rings is 2. The molecule has 2 rings (SSSR count). The van der Waals surface area contributed by atoms with Gasteiger partial charge in [0.2, 0.25) is 0 Å². The SMILES string of the molecule is CCCN(CCC)CC(C#N)COc1ccc(C(C)(C)c2cc(Cl)c(OCC(C)OC(C)=O)c(Cl)c2)cc1. The fraction of sp³-hybridized carbons (Fsp3) is 0.533. The molecular weight excluding hydrogens is 523 g/mol. The summed E-state index contributed by atoms with van der Waals surface area (Å²) in [6.07, 6.45) is 1.71. The number of hydrogen-bond acceptors (Lipinski definition) is 6. The van der Waals surface area contributed by atoms with Crippen molar-refractivity contribution in [2.75, 3.05) is 32.8 Å². The third kappa shape index (κ3) is 9.38. The second kappa shape index (κ2) is 15.2. The molecule has 0 aromatic heterocycles. The van der Waals surface area contributed by atoms with Crippen molar-refractivity contribution in [2.24, 2.45) is 5.92 Å². The fourth-order valence-corrected chi connectivity index (χ4v) is 4.87. The Morgan fingerprint density at radius 3 is 2.08 bits per heavy atom. The first-order valence-corrected chi connectivity index (χ1v) is 13.9. The summed E-state index contributed by atoms with van der Waals surface area (Å²) < 4.78 is 16.8. The van der Waals surface area contributed by atoms with Crippen molar-refractivity contribution in [1.29, 1.82) is 5.26 Å². The lowest BCUT2D eigenvalue weighted by atomic mass is 9.78. The van der Waals surface area contributed by atoms with Crippen LogP contribution in [-0.4, -0.2) is 49.8 Å². The van der Waals surface area contributed by atoms with Crippen molar-refractivity contribution in [2.45, 2.75) is 65.9 Å². The van der Waals surface area contributed by atoms with E-state index < -0.39 is 11.5 Å². The van der Waals surface area contributed by atoms with Gasteiger partial charge in [-0.25, -0.2) is 0 Å². The van der Waals surface area contributed by atoms with Crippen LogP contribution in [0.2, 0.25) is 10.0 Å². The van der Waals surface area contributed by atoms with Crippen LogP contribution in [0.5, 0.6) is 11.5 Å². The van der Waals surface area contributed by atoms with E-state index in [0.29, 0.717) is 28.9 Å². The number of nitriles is 1. The van der Waals surface area contributed by atoms with Crippen molar-refractivity contribution < 1.29 is 19.0 Å². The summed E-state index contributed by atoms with van der Waals surface area (Å²) in [6.45, 7) is 14.8. The molecule has 0 heterocycles. The van der Waals surface area contributed by atoms with Crippen LogP contribution in [0, 0.1) is 17.2 Å². The molecule has 6 nitrogen and oxygen atoms in total. The van der Waals surface area contributed by atoms with Gasteiger partial charge < -0.3 is 19.1 Å². The second-order valence-electron chi connectivity index (χ2n) is 10.1. The van der Waals surface area contributed by atoms with E-state index in [1.165, 1.54) is 6.92 Å². The predicted molar refractivity (Wildman–Crippen MR) is 153 cm³/mol. The third-order valence-electron chi connectivity index (χ3n) is 6.32. The summed E-state index contributed by atoms with van der Waals surface area (Å²) in [5.74, 6) is 0.525. The van der Waals surface area contributed by atoms with E-state index in [-0.39, 0.29) is 18.5 Å². The van der Waals surface area contributed by atoms with Gasteiger partial charge in [0.15, 0.2) is 5.75 Å². The van der Waals surface area contributed by atoms with Gasteiger partial charge in [0.05, 0.1) is 22.0 Å². The molecule has 2 aromatic rings. The molecule has 0 radical (unpaired) electrons. The smallest absolute Gasteiger partial charge is 0.303 e. The molecular formula is C30H40Cl2N2O4. The monoisotopic (exact) mass is 562 g/mol. The minimum Gasteiger partial charge on any atom is -0.492 e.